The molecule has 1 saturated carbocycles. The van der Waals surface area contributed by atoms with E-state index in [1.807, 2.05) is 36.1 Å². The summed E-state index contributed by atoms with van der Waals surface area (Å²) in [7, 11) is 1.96. The lowest BCUT2D eigenvalue weighted by molar-refractivity contribution is 0.0912. The molecule has 5 nitrogen and oxygen atoms in total. The molecule has 0 unspecified atom stereocenters. The molecular formula is C16H22N4O. The highest BCUT2D eigenvalue weighted by Gasteiger charge is 2.28. The van der Waals surface area contributed by atoms with Gasteiger partial charge in [-0.2, -0.15) is 0 Å². The van der Waals surface area contributed by atoms with Gasteiger partial charge in [0.2, 0.25) is 0 Å². The van der Waals surface area contributed by atoms with Gasteiger partial charge >= 0.3 is 0 Å². The lowest BCUT2D eigenvalue weighted by Gasteiger charge is -2.22. The fourth-order valence-electron chi connectivity index (χ4n) is 2.68. The Morgan fingerprint density at radius 3 is 2.71 bits per heavy atom. The quantitative estimate of drug-likeness (QED) is 0.918. The van der Waals surface area contributed by atoms with Crippen molar-refractivity contribution < 1.29 is 4.79 Å². The number of nitrogens with zero attached hydrogens (tertiary/aromatic N) is 3. The van der Waals surface area contributed by atoms with Crippen molar-refractivity contribution >= 4 is 5.91 Å². The van der Waals surface area contributed by atoms with Gasteiger partial charge in [0.05, 0.1) is 6.04 Å². The average molecular weight is 286 g/mol. The van der Waals surface area contributed by atoms with Crippen LogP contribution in [0.1, 0.15) is 55.1 Å². The van der Waals surface area contributed by atoms with Crippen LogP contribution in [0, 0.1) is 5.92 Å². The van der Waals surface area contributed by atoms with E-state index in [0.717, 1.165) is 11.5 Å². The van der Waals surface area contributed by atoms with E-state index < -0.39 is 0 Å². The highest BCUT2D eigenvalue weighted by molar-refractivity contribution is 5.93. The van der Waals surface area contributed by atoms with Crippen molar-refractivity contribution in [2.75, 3.05) is 0 Å². The van der Waals surface area contributed by atoms with Crippen LogP contribution in [0.15, 0.2) is 30.7 Å². The predicted octanol–water partition coefficient (Wildman–Crippen LogP) is 2.68. The van der Waals surface area contributed by atoms with Crippen LogP contribution in [0.5, 0.6) is 0 Å². The summed E-state index contributed by atoms with van der Waals surface area (Å²) >= 11 is 0. The largest absolute Gasteiger partial charge is 0.341 e. The molecule has 112 valence electrons. The first-order chi connectivity index (χ1) is 10.1. The first-order valence-electron chi connectivity index (χ1n) is 7.53. The number of amides is 1. The maximum atomic E-state index is 12.6. The minimum absolute atomic E-state index is 0.0198. The summed E-state index contributed by atoms with van der Waals surface area (Å²) in [5.41, 5.74) is 0.748. The third-order valence-corrected chi connectivity index (χ3v) is 4.04. The molecule has 1 N–H and O–H groups in total. The minimum atomic E-state index is -0.0833. The second kappa shape index (κ2) is 5.39. The number of hydrogen-bond acceptors (Lipinski definition) is 2. The van der Waals surface area contributed by atoms with Gasteiger partial charge in [-0.15, -0.1) is 0 Å². The molecule has 5 heteroatoms. The summed E-state index contributed by atoms with van der Waals surface area (Å²) < 4.78 is 4.05. The molecule has 1 fully saturated rings. The number of aryl methyl sites for hydroxylation is 1. The molecule has 3 rings (SSSR count). The van der Waals surface area contributed by atoms with Crippen LogP contribution in [-0.2, 0) is 7.05 Å². The third kappa shape index (κ3) is 2.73. The Bertz CT molecular complexity index is 636. The van der Waals surface area contributed by atoms with Crippen molar-refractivity contribution in [2.45, 2.75) is 38.8 Å². The standard InChI is InChI=1S/C16H22N4O/c1-11(2)14(15-17-8-10-19(15)3)18-16(21)13-5-4-9-20(13)12-6-7-12/h4-5,8-12,14H,6-7H2,1-3H3,(H,18,21)/t14-/m1/s1. The van der Waals surface area contributed by atoms with Crippen LogP contribution in [0.3, 0.4) is 0 Å². The van der Waals surface area contributed by atoms with E-state index in [4.69, 9.17) is 0 Å². The monoisotopic (exact) mass is 286 g/mol. The average Bonchev–Trinajstić information content (AvgIpc) is 3.01. The molecular weight excluding hydrogens is 264 g/mol. The summed E-state index contributed by atoms with van der Waals surface area (Å²) in [6, 6.07) is 4.26. The molecule has 0 bridgehead atoms. The highest BCUT2D eigenvalue weighted by atomic mass is 16.2. The Morgan fingerprint density at radius 1 is 1.38 bits per heavy atom. The van der Waals surface area contributed by atoms with Crippen molar-refractivity contribution in [1.29, 1.82) is 0 Å². The molecule has 0 aliphatic heterocycles. The van der Waals surface area contributed by atoms with E-state index in [-0.39, 0.29) is 17.9 Å². The molecule has 0 spiro atoms. The Labute approximate surface area is 125 Å². The van der Waals surface area contributed by atoms with Crippen LogP contribution in [0.25, 0.3) is 0 Å². The van der Waals surface area contributed by atoms with E-state index in [0.29, 0.717) is 6.04 Å². The number of carbonyl (C=O) groups is 1. The molecule has 1 aliphatic rings. The molecule has 1 atom stereocenters. The lowest BCUT2D eigenvalue weighted by Crippen LogP contribution is -2.34. The maximum Gasteiger partial charge on any atom is 0.268 e. The van der Waals surface area contributed by atoms with Gasteiger partial charge in [-0.05, 0) is 30.9 Å². The Hall–Kier alpha value is -2.04. The first-order valence-corrected chi connectivity index (χ1v) is 7.53. The Morgan fingerprint density at radius 2 is 2.14 bits per heavy atom. The van der Waals surface area contributed by atoms with E-state index in [9.17, 15) is 4.79 Å². The number of rotatable bonds is 5. The van der Waals surface area contributed by atoms with Gasteiger partial charge in [-0.1, -0.05) is 13.8 Å². The van der Waals surface area contributed by atoms with E-state index >= 15 is 0 Å². The molecule has 2 aromatic rings. The predicted molar refractivity (Wildman–Crippen MR) is 81.0 cm³/mol. The van der Waals surface area contributed by atoms with Crippen molar-refractivity contribution in [3.05, 3.63) is 42.2 Å². The topological polar surface area (TPSA) is 51.9 Å². The SMILES string of the molecule is CC(C)[C@@H](NC(=O)c1cccn1C1CC1)c1nccn1C. The number of hydrogen-bond donors (Lipinski definition) is 1. The molecule has 2 heterocycles. The summed E-state index contributed by atoms with van der Waals surface area (Å²) in [5, 5.41) is 3.14. The number of imidazole rings is 1. The zero-order valence-corrected chi connectivity index (χ0v) is 12.8. The normalized spacial score (nSPS) is 16.2. The van der Waals surface area contributed by atoms with Crippen molar-refractivity contribution in [1.82, 2.24) is 19.4 Å². The van der Waals surface area contributed by atoms with Gasteiger partial charge in [0.15, 0.2) is 0 Å². The molecule has 1 amide bonds. The van der Waals surface area contributed by atoms with Gasteiger partial charge in [0, 0.05) is 31.7 Å². The summed E-state index contributed by atoms with van der Waals surface area (Å²) in [6.07, 6.45) is 8.01. The third-order valence-electron chi connectivity index (χ3n) is 4.04. The molecule has 0 saturated heterocycles. The second-order valence-corrected chi connectivity index (χ2v) is 6.12. The molecule has 0 aromatic carbocycles. The van der Waals surface area contributed by atoms with Gasteiger partial charge in [-0.25, -0.2) is 4.98 Å². The summed E-state index contributed by atoms with van der Waals surface area (Å²) in [6.45, 7) is 4.19. The maximum absolute atomic E-state index is 12.6. The van der Waals surface area contributed by atoms with Crippen LogP contribution in [0.4, 0.5) is 0 Å². The lowest BCUT2D eigenvalue weighted by atomic mass is 10.0. The van der Waals surface area contributed by atoms with Crippen molar-refractivity contribution in [3.8, 4) is 0 Å². The first kappa shape index (κ1) is 13.9. The van der Waals surface area contributed by atoms with Gasteiger partial charge in [0.1, 0.15) is 11.5 Å². The fourth-order valence-corrected chi connectivity index (χ4v) is 2.68. The fraction of sp³-hybridized carbons (Fsp3) is 0.500. The van der Waals surface area contributed by atoms with Crippen LogP contribution in [0.2, 0.25) is 0 Å². The smallest absolute Gasteiger partial charge is 0.268 e. The number of carbonyl (C=O) groups excluding carboxylic acids is 1. The second-order valence-electron chi connectivity index (χ2n) is 6.12. The minimum Gasteiger partial charge on any atom is -0.341 e. The van der Waals surface area contributed by atoms with E-state index in [1.165, 1.54) is 12.8 Å². The van der Waals surface area contributed by atoms with Gasteiger partial charge in [0.25, 0.3) is 5.91 Å². The van der Waals surface area contributed by atoms with Gasteiger partial charge in [-0.3, -0.25) is 4.79 Å². The molecule has 2 aromatic heterocycles. The summed E-state index contributed by atoms with van der Waals surface area (Å²) in [4.78, 5) is 17.0. The zero-order chi connectivity index (χ0) is 15.0. The molecule has 1 aliphatic carbocycles. The number of aromatic nitrogens is 3. The van der Waals surface area contributed by atoms with Crippen molar-refractivity contribution in [3.63, 3.8) is 0 Å². The number of nitrogens with one attached hydrogen (secondary N) is 1. The zero-order valence-electron chi connectivity index (χ0n) is 12.8. The van der Waals surface area contributed by atoms with E-state index in [2.05, 4.69) is 28.7 Å². The Kier molecular flexibility index (Phi) is 3.57. The Balaban J connectivity index is 1.81. The van der Waals surface area contributed by atoms with Crippen molar-refractivity contribution in [2.24, 2.45) is 13.0 Å². The summed E-state index contributed by atoms with van der Waals surface area (Å²) in [5.74, 6) is 1.15. The molecule has 21 heavy (non-hydrogen) atoms. The van der Waals surface area contributed by atoms with Gasteiger partial charge < -0.3 is 14.5 Å². The molecule has 0 radical (unpaired) electrons. The van der Waals surface area contributed by atoms with Crippen LogP contribution in [-0.4, -0.2) is 20.0 Å². The van der Waals surface area contributed by atoms with Crippen LogP contribution < -0.4 is 5.32 Å². The van der Waals surface area contributed by atoms with E-state index in [1.54, 1.807) is 6.20 Å². The van der Waals surface area contributed by atoms with Crippen LogP contribution >= 0.6 is 0 Å². The highest BCUT2D eigenvalue weighted by Crippen LogP contribution is 2.36.